The third-order valence-corrected chi connectivity index (χ3v) is 3.77. The van der Waals surface area contributed by atoms with Gasteiger partial charge in [-0.05, 0) is 25.1 Å². The molecule has 0 spiro atoms. The minimum Gasteiger partial charge on any atom is -0.308 e. The Labute approximate surface area is 103 Å². The van der Waals surface area contributed by atoms with E-state index in [1.165, 1.54) is 16.7 Å². The molecule has 0 bridgehead atoms. The third-order valence-electron chi connectivity index (χ3n) is 2.64. The zero-order chi connectivity index (χ0) is 12.4. The lowest BCUT2D eigenvalue weighted by molar-refractivity contribution is -0.118. The van der Waals surface area contributed by atoms with Crippen LogP contribution >= 0.6 is 11.8 Å². The maximum absolute atomic E-state index is 12.5. The van der Waals surface area contributed by atoms with Crippen molar-refractivity contribution in [2.45, 2.75) is 17.1 Å². The third kappa shape index (κ3) is 2.20. The van der Waals surface area contributed by atoms with Crippen LogP contribution in [0, 0.1) is 0 Å². The van der Waals surface area contributed by atoms with E-state index in [2.05, 4.69) is 0 Å². The fourth-order valence-electron chi connectivity index (χ4n) is 1.82. The second-order valence-electron chi connectivity index (χ2n) is 3.78. The Morgan fingerprint density at radius 3 is 2.94 bits per heavy atom. The number of carbonyl (C=O) groups excluding carboxylic acids is 2. The first-order valence-corrected chi connectivity index (χ1v) is 6.18. The number of aldehydes is 1. The molecule has 1 heterocycles. The second-order valence-corrected chi connectivity index (χ2v) is 5.17. The number of benzene rings is 1. The van der Waals surface area contributed by atoms with Gasteiger partial charge in [-0.15, -0.1) is 11.8 Å². The number of hydrogen-bond acceptors (Lipinski definition) is 3. The molecule has 1 aromatic rings. The molecule has 2 rings (SSSR count). The van der Waals surface area contributed by atoms with Crippen molar-refractivity contribution in [3.8, 4) is 0 Å². The Hall–Kier alpha value is -1.36. The highest BCUT2D eigenvalue weighted by Crippen LogP contribution is 2.39. The van der Waals surface area contributed by atoms with Crippen molar-refractivity contribution in [2.24, 2.45) is 0 Å². The molecule has 17 heavy (non-hydrogen) atoms. The van der Waals surface area contributed by atoms with Gasteiger partial charge in [-0.1, -0.05) is 0 Å². The molecule has 0 aromatic heterocycles. The number of nitrogens with zero attached hydrogens (tertiary/aromatic N) is 1. The van der Waals surface area contributed by atoms with Gasteiger partial charge in [-0.3, -0.25) is 9.59 Å². The highest BCUT2D eigenvalue weighted by Gasteiger charge is 2.30. The molecular formula is C12H12FNO2S. The van der Waals surface area contributed by atoms with E-state index >= 15 is 0 Å². The number of fused-ring (bicyclic) bond motifs is 1. The number of halogens is 1. The number of carbonyl (C=O) groups is 2. The van der Waals surface area contributed by atoms with Crippen LogP contribution in [0.4, 0.5) is 10.1 Å². The summed E-state index contributed by atoms with van der Waals surface area (Å²) >= 11 is 1.41. The Morgan fingerprint density at radius 2 is 2.29 bits per heavy atom. The maximum Gasteiger partial charge on any atom is 0.240 e. The van der Waals surface area contributed by atoms with E-state index in [0.717, 1.165) is 11.2 Å². The molecule has 1 unspecified atom stereocenters. The summed E-state index contributed by atoms with van der Waals surface area (Å²) in [6.45, 7) is 1.28. The van der Waals surface area contributed by atoms with Crippen molar-refractivity contribution in [1.29, 1.82) is 0 Å². The Balaban J connectivity index is 2.44. The first-order chi connectivity index (χ1) is 8.17. The molecule has 0 saturated carbocycles. The van der Waals surface area contributed by atoms with Gasteiger partial charge in [0, 0.05) is 10.5 Å². The zero-order valence-corrected chi connectivity index (χ0v) is 10.2. The van der Waals surface area contributed by atoms with Crippen molar-refractivity contribution >= 4 is 29.6 Å². The number of alkyl halides is 1. The minimum atomic E-state index is -0.571. The Bertz CT molecular complexity index is 464. The summed E-state index contributed by atoms with van der Waals surface area (Å²) in [6.07, 6.45) is 0.765. The number of hydrogen-bond donors (Lipinski definition) is 0. The van der Waals surface area contributed by atoms with E-state index < -0.39 is 6.67 Å². The van der Waals surface area contributed by atoms with Gasteiger partial charge in [0.15, 0.2) is 0 Å². The van der Waals surface area contributed by atoms with Gasteiger partial charge in [-0.2, -0.15) is 0 Å². The topological polar surface area (TPSA) is 37.4 Å². The summed E-state index contributed by atoms with van der Waals surface area (Å²) in [5.74, 6) is -0.0843. The number of rotatable bonds is 3. The van der Waals surface area contributed by atoms with Gasteiger partial charge in [-0.25, -0.2) is 4.39 Å². The molecule has 1 aromatic carbocycles. The number of amides is 1. The van der Waals surface area contributed by atoms with Gasteiger partial charge < -0.3 is 4.90 Å². The lowest BCUT2D eigenvalue weighted by Gasteiger charge is -2.31. The molecule has 0 aliphatic carbocycles. The van der Waals surface area contributed by atoms with Crippen LogP contribution in [0.25, 0.3) is 0 Å². The van der Waals surface area contributed by atoms with Gasteiger partial charge in [0.05, 0.1) is 17.5 Å². The van der Waals surface area contributed by atoms with Crippen molar-refractivity contribution < 1.29 is 14.0 Å². The summed E-state index contributed by atoms with van der Waals surface area (Å²) in [4.78, 5) is 24.9. The molecule has 0 fully saturated rings. The second kappa shape index (κ2) is 4.87. The lowest BCUT2D eigenvalue weighted by Crippen LogP contribution is -2.41. The summed E-state index contributed by atoms with van der Waals surface area (Å²) < 4.78 is 12.5. The summed E-state index contributed by atoms with van der Waals surface area (Å²) in [5.41, 5.74) is 1.26. The van der Waals surface area contributed by atoms with Crippen molar-refractivity contribution in [1.82, 2.24) is 0 Å². The molecule has 0 radical (unpaired) electrons. The van der Waals surface area contributed by atoms with Crippen molar-refractivity contribution in [3.63, 3.8) is 0 Å². The molecule has 1 aliphatic rings. The predicted molar refractivity (Wildman–Crippen MR) is 65.5 cm³/mol. The van der Waals surface area contributed by atoms with Crippen LogP contribution in [-0.4, -0.2) is 30.7 Å². The average molecular weight is 253 g/mol. The standard InChI is InChI=1S/C12H12FNO2S/c1-8-12(16)14(5-4-13)10-3-2-9(7-15)6-11(10)17-8/h2-3,6-8H,4-5H2,1H3. The van der Waals surface area contributed by atoms with Crippen molar-refractivity contribution in [3.05, 3.63) is 23.8 Å². The van der Waals surface area contributed by atoms with E-state index in [4.69, 9.17) is 0 Å². The van der Waals surface area contributed by atoms with Crippen LogP contribution in [0.1, 0.15) is 17.3 Å². The van der Waals surface area contributed by atoms with Gasteiger partial charge in [0.1, 0.15) is 13.0 Å². The van der Waals surface area contributed by atoms with Crippen LogP contribution in [0.5, 0.6) is 0 Å². The fourth-order valence-corrected chi connectivity index (χ4v) is 2.93. The predicted octanol–water partition coefficient (Wildman–Crippen LogP) is 2.30. The molecule has 0 saturated heterocycles. The SMILES string of the molecule is CC1Sc2cc(C=O)ccc2N(CCF)C1=O. The van der Waals surface area contributed by atoms with Crippen LogP contribution in [-0.2, 0) is 4.79 Å². The van der Waals surface area contributed by atoms with Crippen LogP contribution in [0.2, 0.25) is 0 Å². The van der Waals surface area contributed by atoms with E-state index in [1.807, 2.05) is 0 Å². The molecule has 1 amide bonds. The van der Waals surface area contributed by atoms with Crippen molar-refractivity contribution in [2.75, 3.05) is 18.1 Å². The van der Waals surface area contributed by atoms with E-state index in [9.17, 15) is 14.0 Å². The number of thioether (sulfide) groups is 1. The molecule has 1 atom stereocenters. The summed E-state index contributed by atoms with van der Waals surface area (Å²) in [6, 6.07) is 5.08. The van der Waals surface area contributed by atoms with Gasteiger partial charge in [0.25, 0.3) is 0 Å². The highest BCUT2D eigenvalue weighted by atomic mass is 32.2. The molecule has 5 heteroatoms. The van der Waals surface area contributed by atoms with E-state index in [-0.39, 0.29) is 17.7 Å². The molecule has 3 nitrogen and oxygen atoms in total. The van der Waals surface area contributed by atoms with Crippen LogP contribution < -0.4 is 4.90 Å². The zero-order valence-electron chi connectivity index (χ0n) is 9.35. The van der Waals surface area contributed by atoms with Crippen LogP contribution in [0.15, 0.2) is 23.1 Å². The first kappa shape index (κ1) is 12.1. The summed E-state index contributed by atoms with van der Waals surface area (Å²) in [5, 5.41) is -0.240. The fraction of sp³-hybridized carbons (Fsp3) is 0.333. The molecule has 1 aliphatic heterocycles. The Kier molecular flexibility index (Phi) is 3.47. The maximum atomic E-state index is 12.5. The Morgan fingerprint density at radius 1 is 1.53 bits per heavy atom. The van der Waals surface area contributed by atoms with E-state index in [0.29, 0.717) is 11.3 Å². The van der Waals surface area contributed by atoms with Gasteiger partial charge in [0.2, 0.25) is 5.91 Å². The average Bonchev–Trinajstić information content (AvgIpc) is 2.34. The monoisotopic (exact) mass is 253 g/mol. The molecule has 0 N–H and O–H groups in total. The highest BCUT2D eigenvalue weighted by molar-refractivity contribution is 8.01. The largest absolute Gasteiger partial charge is 0.308 e. The summed E-state index contributed by atoms with van der Waals surface area (Å²) in [7, 11) is 0. The first-order valence-electron chi connectivity index (χ1n) is 5.30. The van der Waals surface area contributed by atoms with E-state index in [1.54, 1.807) is 25.1 Å². The minimum absolute atomic E-state index is 0.0666. The lowest BCUT2D eigenvalue weighted by atomic mass is 10.2. The quantitative estimate of drug-likeness (QED) is 0.776. The molecular weight excluding hydrogens is 241 g/mol. The number of anilines is 1. The smallest absolute Gasteiger partial charge is 0.240 e. The molecule has 90 valence electrons. The van der Waals surface area contributed by atoms with Crippen LogP contribution in [0.3, 0.4) is 0 Å². The normalized spacial score (nSPS) is 19.1. The van der Waals surface area contributed by atoms with Gasteiger partial charge >= 0.3 is 0 Å².